The predicted octanol–water partition coefficient (Wildman–Crippen LogP) is 9.16. The van der Waals surface area contributed by atoms with Gasteiger partial charge in [0.15, 0.2) is 12.6 Å². The molecule has 0 spiro atoms. The lowest BCUT2D eigenvalue weighted by Crippen LogP contribution is -2.56. The van der Waals surface area contributed by atoms with Gasteiger partial charge in [-0.15, -0.1) is 0 Å². The number of carbonyl (C=O) groups is 2. The zero-order chi connectivity index (χ0) is 86.4. The van der Waals surface area contributed by atoms with E-state index in [2.05, 4.69) is 0 Å². The molecule has 0 aromatic heterocycles. The number of esters is 2. The molecule has 118 heavy (non-hydrogen) atoms. The average Bonchev–Trinajstić information content (AvgIpc) is 0.831. The molecule has 0 saturated carbocycles. The van der Waals surface area contributed by atoms with Crippen LogP contribution >= 0.6 is 0 Å². The SMILES string of the molecule is CO[C@@H]1C[C@@H](O)C[C@@H](O)[C@H](C)[C@@H]([C@@H](C)[C@@H](O)[C@@H](C)CC[C@H]2C[C@H](OC)C[C@H](C)O2)OC(=O)/C=C\C(C)=C/C[C@H](O[C@H]2OC[C@H](O)[C@@H](OC)[C@H]2OC)C[C@@H]2C=CC[C@@H](C[C@H](OC)C[C@@H](O)C[C@@H](O)[C@H](C)[C@@H]([C@@H](C)[C@@H](O)[C@@H](C)CC[C@H]3C[C@H](OC)C[C@H](C)O3)OC(=O)/C=C\C(C)=C/C[C@H](O[C@H]3OC[C@H](O)[C@@H](OC)[C@H]3OC)C[C@@H]3C=CC[C@@H](C1)O3)O2. The molecule has 7 heterocycles. The lowest BCUT2D eigenvalue weighted by Gasteiger charge is -2.40. The second kappa shape index (κ2) is 51.8. The van der Waals surface area contributed by atoms with Gasteiger partial charge in [0.25, 0.3) is 0 Å². The van der Waals surface area contributed by atoms with Gasteiger partial charge < -0.3 is 126 Å². The highest BCUT2D eigenvalue weighted by Crippen LogP contribution is 2.38. The summed E-state index contributed by atoms with van der Waals surface area (Å²) in [6.07, 6.45) is 6.78. The first-order chi connectivity index (χ1) is 56.3. The lowest BCUT2D eigenvalue weighted by atomic mass is 9.79. The van der Waals surface area contributed by atoms with E-state index in [0.29, 0.717) is 75.4 Å². The molecule has 8 N–H and O–H groups in total. The van der Waals surface area contributed by atoms with Crippen LogP contribution in [0.4, 0.5) is 0 Å². The summed E-state index contributed by atoms with van der Waals surface area (Å²) >= 11 is 0. The smallest absolute Gasteiger partial charge is 0.331 e. The van der Waals surface area contributed by atoms with Gasteiger partial charge in [-0.2, -0.15) is 0 Å². The number of cyclic esters (lactones) is 2. The summed E-state index contributed by atoms with van der Waals surface area (Å²) in [6, 6.07) is 0. The number of aliphatic hydroxyl groups excluding tert-OH is 8. The Morgan fingerprint density at radius 3 is 1.11 bits per heavy atom. The fourth-order valence-corrected chi connectivity index (χ4v) is 18.3. The molecule has 0 radical (unpaired) electrons. The first-order valence-corrected chi connectivity index (χ1v) is 43.6. The number of allylic oxidation sites excluding steroid dienone is 4. The Balaban J connectivity index is 1.18. The van der Waals surface area contributed by atoms with Crippen LogP contribution < -0.4 is 0 Å². The van der Waals surface area contributed by atoms with E-state index in [1.54, 1.807) is 54.4 Å². The van der Waals surface area contributed by atoms with Crippen molar-refractivity contribution in [3.8, 4) is 0 Å². The maximum absolute atomic E-state index is 14.3. The van der Waals surface area contributed by atoms with E-state index < -0.39 is 170 Å². The summed E-state index contributed by atoms with van der Waals surface area (Å²) in [5, 5.41) is 94.5. The highest BCUT2D eigenvalue weighted by molar-refractivity contribution is 5.83. The van der Waals surface area contributed by atoms with Crippen molar-refractivity contribution < 1.29 is 136 Å². The zero-order valence-corrected chi connectivity index (χ0v) is 73.9. The average molecular weight is 1680 g/mol. The number of hydrogen-bond acceptors (Lipinski definition) is 28. The third-order valence-corrected chi connectivity index (χ3v) is 25.6. The summed E-state index contributed by atoms with van der Waals surface area (Å²) in [5.41, 5.74) is 1.35. The van der Waals surface area contributed by atoms with Gasteiger partial charge >= 0.3 is 11.9 Å². The van der Waals surface area contributed by atoms with Crippen LogP contribution in [0.15, 0.2) is 71.9 Å². The molecular weight excluding hydrogens is 1530 g/mol. The summed E-state index contributed by atoms with van der Waals surface area (Å²) in [5.74, 6) is -4.93. The van der Waals surface area contributed by atoms with E-state index in [0.717, 1.165) is 25.7 Å². The minimum absolute atomic E-state index is 0.0202. The lowest BCUT2D eigenvalue weighted by molar-refractivity contribution is -0.293. The van der Waals surface area contributed by atoms with Crippen molar-refractivity contribution in [3.63, 3.8) is 0 Å². The number of carbonyl (C=O) groups excluding carboxylic acids is 2. The molecule has 0 amide bonds. The number of ether oxygens (including phenoxy) is 18. The van der Waals surface area contributed by atoms with Gasteiger partial charge in [-0.05, 0) is 142 Å². The largest absolute Gasteiger partial charge is 0.458 e. The Morgan fingerprint density at radius 1 is 0.407 bits per heavy atom. The Kier molecular flexibility index (Phi) is 44.5. The molecule has 4 bridgehead atoms. The van der Waals surface area contributed by atoms with Crippen LogP contribution in [0.25, 0.3) is 0 Å². The van der Waals surface area contributed by atoms with Crippen LogP contribution in [0.1, 0.15) is 198 Å². The maximum atomic E-state index is 14.3. The summed E-state index contributed by atoms with van der Waals surface area (Å²) < 4.78 is 111. The standard InChI is InChI=1S/C90H152O28/c1-51-25-31-69(115-89-87(107-17)85(105-15)77(95)49-109-89)43-63-21-19-23-65(113-63)45-73(103-13)40-62(92)42-76(94)58(8)84(60(10)82(100)54(4)30-34-68-48-72(102-12)38-56(6)112-68)118-80(98)36-28-52(2)26-32-70(116-90-88(108-18)86(106-16)78(96)50-110-90)44-64-22-20-24-66(114-64)46-74(104-14)39-61(91)41-75(93)57(7)83(117-79(97)35-27-51)59(9)81(99)53(3)29-33-67-47-71(101-11)37-55(5)111-67/h19-22,25-28,35-36,53-78,81-96,99-100H,23-24,29-34,37-50H2,1-18H3/b35-27-,36-28-,51-25-,52-26-/t53-,54-,55-,56-,57-,58-,59-,60-,61+,62+,63-,64-,65-,66-,67-,68-,69-,70-,71+,72+,73+,74+,75+,76+,77-,78-,81-,82-,83-,84-,85+,86+,87+,88+,89+,90+/m0/s1. The van der Waals surface area contributed by atoms with Gasteiger partial charge in [-0.25, -0.2) is 9.59 Å². The molecule has 0 aliphatic carbocycles. The predicted molar refractivity (Wildman–Crippen MR) is 441 cm³/mol. The number of hydrogen-bond donors (Lipinski definition) is 8. The first kappa shape index (κ1) is 102. The summed E-state index contributed by atoms with van der Waals surface area (Å²) in [7, 11) is 12.5. The van der Waals surface area contributed by atoms with Gasteiger partial charge in [-0.1, -0.05) is 101 Å². The summed E-state index contributed by atoms with van der Waals surface area (Å²) in [4.78, 5) is 28.7. The monoisotopic (exact) mass is 1680 g/mol. The molecule has 0 aromatic carbocycles. The van der Waals surface area contributed by atoms with Gasteiger partial charge in [-0.3, -0.25) is 0 Å². The van der Waals surface area contributed by atoms with E-state index in [1.165, 1.54) is 40.6 Å². The fourth-order valence-electron chi connectivity index (χ4n) is 18.3. The molecule has 7 rings (SSSR count). The van der Waals surface area contributed by atoms with Crippen LogP contribution in [0.3, 0.4) is 0 Å². The third kappa shape index (κ3) is 32.1. The fraction of sp³-hybridized carbons (Fsp3) is 0.844. The van der Waals surface area contributed by atoms with Crippen LogP contribution in [0, 0.1) is 35.5 Å². The molecule has 0 unspecified atom stereocenters. The van der Waals surface area contributed by atoms with Crippen molar-refractivity contribution in [1.29, 1.82) is 0 Å². The Hall–Kier alpha value is -3.58. The van der Waals surface area contributed by atoms with Gasteiger partial charge in [0, 0.05) is 118 Å². The molecule has 0 aromatic rings. The van der Waals surface area contributed by atoms with E-state index in [-0.39, 0.29) is 112 Å². The minimum Gasteiger partial charge on any atom is -0.458 e. The second-order valence-corrected chi connectivity index (χ2v) is 35.0. The van der Waals surface area contributed by atoms with Gasteiger partial charge in [0.05, 0.1) is 135 Å². The number of fused-ring (bicyclic) bond motifs is 4. The third-order valence-electron chi connectivity index (χ3n) is 25.6. The van der Waals surface area contributed by atoms with E-state index in [4.69, 9.17) is 85.3 Å². The molecule has 36 atom stereocenters. The van der Waals surface area contributed by atoms with Gasteiger partial charge in [0.1, 0.15) is 48.8 Å². The van der Waals surface area contributed by atoms with Crippen molar-refractivity contribution in [2.45, 2.75) is 381 Å². The zero-order valence-electron chi connectivity index (χ0n) is 73.9. The Bertz CT molecular complexity index is 2850. The normalized spacial score (nSPS) is 41.5. The second-order valence-electron chi connectivity index (χ2n) is 35.0. The number of rotatable bonds is 24. The quantitative estimate of drug-likeness (QED) is 0.0329. The molecular formula is C90H152O28. The number of methoxy groups -OCH3 is 8. The molecule has 28 nitrogen and oxygen atoms in total. The Labute approximate surface area is 703 Å². The van der Waals surface area contributed by atoms with Gasteiger partial charge in [0.2, 0.25) is 0 Å². The molecule has 7 aliphatic rings. The highest BCUT2D eigenvalue weighted by Gasteiger charge is 2.46. The molecule has 28 heteroatoms. The van der Waals surface area contributed by atoms with Crippen molar-refractivity contribution in [3.05, 3.63) is 71.9 Å². The summed E-state index contributed by atoms with van der Waals surface area (Å²) in [6.45, 7) is 18.6. The molecule has 4 fully saturated rings. The minimum atomic E-state index is -1.21. The van der Waals surface area contributed by atoms with E-state index >= 15 is 0 Å². The van der Waals surface area contributed by atoms with E-state index in [1.807, 2.05) is 91.8 Å². The van der Waals surface area contributed by atoms with Crippen LogP contribution in [0.2, 0.25) is 0 Å². The van der Waals surface area contributed by atoms with Crippen molar-refractivity contribution >= 4 is 11.9 Å². The maximum Gasteiger partial charge on any atom is 0.331 e. The van der Waals surface area contributed by atoms with E-state index in [9.17, 15) is 50.4 Å². The van der Waals surface area contributed by atoms with Crippen LogP contribution in [-0.2, 0) is 94.9 Å². The topological polar surface area (TPSA) is 362 Å². The first-order valence-electron chi connectivity index (χ1n) is 43.6. The highest BCUT2D eigenvalue weighted by atomic mass is 16.7. The van der Waals surface area contributed by atoms with Crippen molar-refractivity contribution in [2.24, 2.45) is 35.5 Å². The Morgan fingerprint density at radius 2 is 0.763 bits per heavy atom. The van der Waals surface area contributed by atoms with Crippen molar-refractivity contribution in [2.75, 3.05) is 70.1 Å². The molecule has 680 valence electrons. The molecule has 7 aliphatic heterocycles. The van der Waals surface area contributed by atoms with Crippen molar-refractivity contribution in [1.82, 2.24) is 0 Å². The van der Waals surface area contributed by atoms with Crippen LogP contribution in [-0.4, -0.2) is 306 Å². The van der Waals surface area contributed by atoms with Crippen LogP contribution in [0.5, 0.6) is 0 Å². The molecule has 4 saturated heterocycles. The number of aliphatic hydroxyl groups is 8.